The maximum absolute atomic E-state index is 13.0. The van der Waals surface area contributed by atoms with Crippen LogP contribution in [0.15, 0.2) is 71.8 Å². The molecular formula is C23H18N4OS. The third-order valence-electron chi connectivity index (χ3n) is 4.92. The first-order chi connectivity index (χ1) is 14.1. The van der Waals surface area contributed by atoms with Crippen LogP contribution in [-0.4, -0.2) is 19.5 Å². The van der Waals surface area contributed by atoms with Crippen LogP contribution < -0.4 is 5.56 Å². The maximum Gasteiger partial charge on any atom is 0.269 e. The monoisotopic (exact) mass is 398 g/mol. The van der Waals surface area contributed by atoms with Gasteiger partial charge in [-0.3, -0.25) is 4.79 Å². The SMILES string of the molecule is Cc1cccc(-c2c(-c3ccccc3)sc3c(=O)[nH]c(-c4nccn4C)nc23)c1. The Kier molecular flexibility index (Phi) is 4.14. The number of aromatic amines is 1. The molecule has 3 heterocycles. The lowest BCUT2D eigenvalue weighted by Crippen LogP contribution is -2.09. The lowest BCUT2D eigenvalue weighted by Gasteiger charge is -2.07. The van der Waals surface area contributed by atoms with Crippen LogP contribution in [0.4, 0.5) is 0 Å². The minimum Gasteiger partial charge on any atom is -0.331 e. The lowest BCUT2D eigenvalue weighted by molar-refractivity contribution is 0.907. The van der Waals surface area contributed by atoms with Crippen molar-refractivity contribution in [1.82, 2.24) is 19.5 Å². The number of benzene rings is 2. The summed E-state index contributed by atoms with van der Waals surface area (Å²) in [7, 11) is 1.89. The van der Waals surface area contributed by atoms with Crippen molar-refractivity contribution < 1.29 is 0 Å². The summed E-state index contributed by atoms with van der Waals surface area (Å²) in [5.41, 5.74) is 4.84. The summed E-state index contributed by atoms with van der Waals surface area (Å²) >= 11 is 1.48. The summed E-state index contributed by atoms with van der Waals surface area (Å²) in [6, 6.07) is 18.5. The molecule has 6 heteroatoms. The molecule has 0 amide bonds. The number of fused-ring (bicyclic) bond motifs is 1. The van der Waals surface area contributed by atoms with Crippen molar-refractivity contribution in [2.75, 3.05) is 0 Å². The number of rotatable bonds is 3. The van der Waals surface area contributed by atoms with Crippen LogP contribution in [0.2, 0.25) is 0 Å². The van der Waals surface area contributed by atoms with E-state index in [2.05, 4.69) is 47.2 Å². The van der Waals surface area contributed by atoms with Crippen LogP contribution >= 0.6 is 11.3 Å². The lowest BCUT2D eigenvalue weighted by atomic mass is 10.00. The van der Waals surface area contributed by atoms with E-state index in [1.165, 1.54) is 11.3 Å². The predicted molar refractivity (Wildman–Crippen MR) is 118 cm³/mol. The molecule has 5 rings (SSSR count). The molecule has 0 saturated heterocycles. The van der Waals surface area contributed by atoms with E-state index in [4.69, 9.17) is 4.98 Å². The van der Waals surface area contributed by atoms with Gasteiger partial charge in [0.15, 0.2) is 11.6 Å². The fraction of sp³-hybridized carbons (Fsp3) is 0.0870. The fourth-order valence-electron chi connectivity index (χ4n) is 3.55. The zero-order chi connectivity index (χ0) is 20.0. The molecule has 0 aliphatic heterocycles. The second kappa shape index (κ2) is 6.83. The summed E-state index contributed by atoms with van der Waals surface area (Å²) in [6.45, 7) is 2.07. The third-order valence-corrected chi connectivity index (χ3v) is 6.15. The quantitative estimate of drug-likeness (QED) is 0.464. The molecule has 5 aromatic rings. The van der Waals surface area contributed by atoms with E-state index in [1.54, 1.807) is 6.20 Å². The van der Waals surface area contributed by atoms with E-state index in [0.29, 0.717) is 21.9 Å². The highest BCUT2D eigenvalue weighted by atomic mass is 32.1. The van der Waals surface area contributed by atoms with E-state index >= 15 is 0 Å². The average molecular weight is 398 g/mol. The molecule has 0 bridgehead atoms. The van der Waals surface area contributed by atoms with E-state index in [-0.39, 0.29) is 5.56 Å². The summed E-state index contributed by atoms with van der Waals surface area (Å²) in [6.07, 6.45) is 3.54. The molecule has 0 spiro atoms. The number of nitrogens with one attached hydrogen (secondary N) is 1. The normalized spacial score (nSPS) is 11.2. The summed E-state index contributed by atoms with van der Waals surface area (Å²) in [5.74, 6) is 1.10. The number of hydrogen-bond donors (Lipinski definition) is 1. The Hall–Kier alpha value is -3.51. The number of H-pyrrole nitrogens is 1. The first-order valence-corrected chi connectivity index (χ1v) is 10.1. The molecule has 0 atom stereocenters. The van der Waals surface area contributed by atoms with E-state index < -0.39 is 0 Å². The molecule has 0 aliphatic carbocycles. The van der Waals surface area contributed by atoms with Crippen molar-refractivity contribution in [2.45, 2.75) is 6.92 Å². The molecule has 3 aromatic heterocycles. The van der Waals surface area contributed by atoms with Gasteiger partial charge in [-0.25, -0.2) is 9.97 Å². The fourth-order valence-corrected chi connectivity index (χ4v) is 4.71. The topological polar surface area (TPSA) is 63.6 Å². The van der Waals surface area contributed by atoms with E-state index in [1.807, 2.05) is 42.1 Å². The van der Waals surface area contributed by atoms with Crippen molar-refractivity contribution in [3.8, 4) is 33.2 Å². The smallest absolute Gasteiger partial charge is 0.269 e. The minimum atomic E-state index is -0.144. The molecule has 0 saturated carbocycles. The molecule has 0 aliphatic rings. The molecule has 0 fully saturated rings. The first kappa shape index (κ1) is 17.6. The van der Waals surface area contributed by atoms with Crippen molar-refractivity contribution >= 4 is 21.6 Å². The van der Waals surface area contributed by atoms with Gasteiger partial charge in [0.1, 0.15) is 4.70 Å². The van der Waals surface area contributed by atoms with Gasteiger partial charge in [-0.2, -0.15) is 0 Å². The second-order valence-electron chi connectivity index (χ2n) is 7.00. The molecule has 5 nitrogen and oxygen atoms in total. The van der Waals surface area contributed by atoms with Gasteiger partial charge >= 0.3 is 0 Å². The van der Waals surface area contributed by atoms with Gasteiger partial charge in [0.25, 0.3) is 5.56 Å². The Bertz CT molecular complexity index is 1400. The first-order valence-electron chi connectivity index (χ1n) is 9.29. The Morgan fingerprint density at radius 1 is 1.03 bits per heavy atom. The zero-order valence-corrected chi connectivity index (χ0v) is 16.8. The minimum absolute atomic E-state index is 0.144. The Labute approximate surface area is 171 Å². The molecular weight excluding hydrogens is 380 g/mol. The van der Waals surface area contributed by atoms with E-state index in [0.717, 1.165) is 27.1 Å². The van der Waals surface area contributed by atoms with Gasteiger partial charge in [-0.05, 0) is 18.1 Å². The largest absolute Gasteiger partial charge is 0.331 e. The maximum atomic E-state index is 13.0. The molecule has 1 N–H and O–H groups in total. The Morgan fingerprint density at radius 2 is 1.83 bits per heavy atom. The van der Waals surface area contributed by atoms with Crippen LogP contribution in [-0.2, 0) is 7.05 Å². The molecule has 0 radical (unpaired) electrons. The number of hydrogen-bond acceptors (Lipinski definition) is 4. The van der Waals surface area contributed by atoms with Gasteiger partial charge < -0.3 is 9.55 Å². The number of imidazole rings is 1. The van der Waals surface area contributed by atoms with E-state index in [9.17, 15) is 4.79 Å². The zero-order valence-electron chi connectivity index (χ0n) is 16.0. The van der Waals surface area contributed by atoms with Crippen LogP contribution in [0.25, 0.3) is 43.4 Å². The highest BCUT2D eigenvalue weighted by Gasteiger charge is 2.21. The highest BCUT2D eigenvalue weighted by molar-refractivity contribution is 7.22. The molecule has 0 unspecified atom stereocenters. The van der Waals surface area contributed by atoms with Crippen LogP contribution in [0, 0.1) is 6.92 Å². The van der Waals surface area contributed by atoms with Crippen molar-refractivity contribution in [3.63, 3.8) is 0 Å². The standard InChI is InChI=1S/C23H18N4OS/c1-14-7-6-10-16(13-14)17-18-20(29-19(17)15-8-4-3-5-9-15)23(28)26-21(25-18)22-24-11-12-27(22)2/h3-13H,1-2H3,(H,25,26,28). The van der Waals surface area contributed by atoms with Gasteiger partial charge in [0.2, 0.25) is 0 Å². The summed E-state index contributed by atoms with van der Waals surface area (Å²) < 4.78 is 2.47. The predicted octanol–water partition coefficient (Wildman–Crippen LogP) is 5.03. The highest BCUT2D eigenvalue weighted by Crippen LogP contribution is 2.43. The number of nitrogens with zero attached hydrogens (tertiary/aromatic N) is 3. The molecule has 142 valence electrons. The summed E-state index contributed by atoms with van der Waals surface area (Å²) in [4.78, 5) is 26.1. The molecule has 2 aromatic carbocycles. The van der Waals surface area contributed by atoms with Gasteiger partial charge in [0.05, 0.1) is 5.52 Å². The van der Waals surface area contributed by atoms with Gasteiger partial charge in [-0.1, -0.05) is 60.2 Å². The van der Waals surface area contributed by atoms with Crippen molar-refractivity contribution in [1.29, 1.82) is 0 Å². The number of thiophene rings is 1. The van der Waals surface area contributed by atoms with Crippen LogP contribution in [0.5, 0.6) is 0 Å². The number of aryl methyl sites for hydroxylation is 2. The molecule has 29 heavy (non-hydrogen) atoms. The third kappa shape index (κ3) is 2.98. The van der Waals surface area contributed by atoms with Gasteiger partial charge in [0, 0.05) is 29.9 Å². The van der Waals surface area contributed by atoms with Crippen molar-refractivity contribution in [3.05, 3.63) is 82.9 Å². The summed E-state index contributed by atoms with van der Waals surface area (Å²) in [5, 5.41) is 0. The second-order valence-corrected chi connectivity index (χ2v) is 8.02. The van der Waals surface area contributed by atoms with Gasteiger partial charge in [-0.15, -0.1) is 11.3 Å². The van der Waals surface area contributed by atoms with Crippen LogP contribution in [0.1, 0.15) is 5.56 Å². The Morgan fingerprint density at radius 3 is 2.55 bits per heavy atom. The Balaban J connectivity index is 1.88. The van der Waals surface area contributed by atoms with Crippen LogP contribution in [0.3, 0.4) is 0 Å². The average Bonchev–Trinajstić information content (AvgIpc) is 3.32. The van der Waals surface area contributed by atoms with Crippen molar-refractivity contribution in [2.24, 2.45) is 7.05 Å². The number of aromatic nitrogens is 4.